The van der Waals surface area contributed by atoms with Crippen molar-refractivity contribution in [2.24, 2.45) is 0 Å². The van der Waals surface area contributed by atoms with Crippen LogP contribution < -0.4 is 10.2 Å². The van der Waals surface area contributed by atoms with Crippen LogP contribution in [0.5, 0.6) is 0 Å². The van der Waals surface area contributed by atoms with E-state index in [0.717, 1.165) is 17.0 Å². The molecule has 1 fully saturated rings. The number of amides is 4. The van der Waals surface area contributed by atoms with Crippen LogP contribution in [0.4, 0.5) is 16.2 Å². The molecule has 1 aromatic carbocycles. The van der Waals surface area contributed by atoms with Crippen LogP contribution in [-0.2, 0) is 9.59 Å². The van der Waals surface area contributed by atoms with Gasteiger partial charge in [-0.05, 0) is 30.3 Å². The number of barbiturate groups is 1. The Morgan fingerprint density at radius 2 is 1.83 bits per heavy atom. The third kappa shape index (κ3) is 2.65. The van der Waals surface area contributed by atoms with Gasteiger partial charge in [0, 0.05) is 12.1 Å². The number of furan rings is 1. The first-order chi connectivity index (χ1) is 11.5. The molecule has 0 aliphatic carbocycles. The highest BCUT2D eigenvalue weighted by atomic mass is 16.6. The molecular weight excluding hydrogens is 318 g/mol. The molecule has 9 nitrogen and oxygen atoms in total. The second-order valence-electron chi connectivity index (χ2n) is 4.75. The van der Waals surface area contributed by atoms with Crippen LogP contribution in [0.3, 0.4) is 0 Å². The van der Waals surface area contributed by atoms with Gasteiger partial charge in [0.1, 0.15) is 11.3 Å². The van der Waals surface area contributed by atoms with Gasteiger partial charge in [-0.25, -0.2) is 9.69 Å². The molecule has 24 heavy (non-hydrogen) atoms. The second kappa shape index (κ2) is 5.80. The predicted molar refractivity (Wildman–Crippen MR) is 80.8 cm³/mol. The monoisotopic (exact) mass is 327 g/mol. The molecule has 0 radical (unpaired) electrons. The van der Waals surface area contributed by atoms with Crippen molar-refractivity contribution in [3.05, 3.63) is 64.1 Å². The lowest BCUT2D eigenvalue weighted by Gasteiger charge is -2.26. The van der Waals surface area contributed by atoms with Crippen molar-refractivity contribution in [3.8, 4) is 0 Å². The maximum absolute atomic E-state index is 12.5. The molecule has 3 rings (SSSR count). The smallest absolute Gasteiger partial charge is 0.335 e. The normalized spacial score (nSPS) is 16.4. The summed E-state index contributed by atoms with van der Waals surface area (Å²) in [7, 11) is 0. The van der Waals surface area contributed by atoms with Crippen LogP contribution in [0.25, 0.3) is 6.08 Å². The zero-order valence-corrected chi connectivity index (χ0v) is 12.0. The molecule has 9 heteroatoms. The van der Waals surface area contributed by atoms with E-state index in [4.69, 9.17) is 4.42 Å². The number of carbonyl (C=O) groups is 3. The Hall–Kier alpha value is -3.75. The number of non-ortho nitro benzene ring substituents is 1. The average Bonchev–Trinajstić information content (AvgIpc) is 3.05. The molecule has 1 N–H and O–H groups in total. The molecule has 2 heterocycles. The van der Waals surface area contributed by atoms with E-state index >= 15 is 0 Å². The van der Waals surface area contributed by atoms with Crippen LogP contribution in [0.1, 0.15) is 5.76 Å². The lowest BCUT2D eigenvalue weighted by molar-refractivity contribution is -0.384. The highest BCUT2D eigenvalue weighted by Gasteiger charge is 2.37. The summed E-state index contributed by atoms with van der Waals surface area (Å²) in [5.74, 6) is -1.43. The zero-order valence-electron chi connectivity index (χ0n) is 12.0. The van der Waals surface area contributed by atoms with Crippen molar-refractivity contribution in [2.75, 3.05) is 4.90 Å². The summed E-state index contributed by atoms with van der Waals surface area (Å²) in [6.07, 6.45) is 2.58. The molecule has 0 bridgehead atoms. The number of carbonyl (C=O) groups excluding carboxylic acids is 3. The minimum atomic E-state index is -0.935. The minimum absolute atomic E-state index is 0.0981. The number of urea groups is 1. The first-order valence-electron chi connectivity index (χ1n) is 6.67. The highest BCUT2D eigenvalue weighted by molar-refractivity contribution is 6.39. The first kappa shape index (κ1) is 15.2. The van der Waals surface area contributed by atoms with Crippen molar-refractivity contribution >= 4 is 35.3 Å². The minimum Gasteiger partial charge on any atom is -0.465 e. The predicted octanol–water partition coefficient (Wildman–Crippen LogP) is 1.85. The Balaban J connectivity index is 1.98. The molecule has 1 aliphatic rings. The molecule has 0 atom stereocenters. The van der Waals surface area contributed by atoms with E-state index in [-0.39, 0.29) is 22.7 Å². The fourth-order valence-electron chi connectivity index (χ4n) is 2.13. The Labute approximate surface area is 134 Å². The van der Waals surface area contributed by atoms with Gasteiger partial charge in [-0.2, -0.15) is 0 Å². The third-order valence-corrected chi connectivity index (χ3v) is 3.25. The van der Waals surface area contributed by atoms with Gasteiger partial charge in [0.2, 0.25) is 0 Å². The van der Waals surface area contributed by atoms with E-state index < -0.39 is 22.8 Å². The standard InChI is InChI=1S/C15H9N3O6/c19-13-12(8-11-2-1-7-24-11)14(20)17(15(21)16-13)9-3-5-10(6-4-9)18(22)23/h1-8H,(H,16,19,21). The van der Waals surface area contributed by atoms with Crippen molar-refractivity contribution in [1.82, 2.24) is 5.32 Å². The highest BCUT2D eigenvalue weighted by Crippen LogP contribution is 2.24. The van der Waals surface area contributed by atoms with Crippen LogP contribution >= 0.6 is 0 Å². The number of nitrogens with zero attached hydrogens (tertiary/aromatic N) is 2. The summed E-state index contributed by atoms with van der Waals surface area (Å²) in [6, 6.07) is 6.99. The quantitative estimate of drug-likeness (QED) is 0.397. The molecule has 1 saturated heterocycles. The van der Waals surface area contributed by atoms with Gasteiger partial charge in [0.05, 0.1) is 16.9 Å². The van der Waals surface area contributed by atoms with Crippen molar-refractivity contribution in [3.63, 3.8) is 0 Å². The number of anilines is 1. The average molecular weight is 327 g/mol. The molecule has 0 saturated carbocycles. The van der Waals surface area contributed by atoms with E-state index in [2.05, 4.69) is 0 Å². The first-order valence-corrected chi connectivity index (χ1v) is 6.67. The number of imide groups is 2. The Bertz CT molecular complexity index is 867. The zero-order chi connectivity index (χ0) is 17.3. The summed E-state index contributed by atoms with van der Waals surface area (Å²) >= 11 is 0. The summed E-state index contributed by atoms with van der Waals surface area (Å²) < 4.78 is 5.06. The van der Waals surface area contributed by atoms with Gasteiger partial charge in [-0.3, -0.25) is 25.0 Å². The van der Waals surface area contributed by atoms with Crippen molar-refractivity contribution < 1.29 is 23.7 Å². The van der Waals surface area contributed by atoms with E-state index in [9.17, 15) is 24.5 Å². The van der Waals surface area contributed by atoms with Gasteiger partial charge in [0.25, 0.3) is 17.5 Å². The van der Waals surface area contributed by atoms with Gasteiger partial charge >= 0.3 is 6.03 Å². The van der Waals surface area contributed by atoms with Gasteiger partial charge in [-0.1, -0.05) is 0 Å². The molecule has 2 aromatic rings. The number of nitro groups is 1. The Kier molecular flexibility index (Phi) is 3.66. The SMILES string of the molecule is O=C1NC(=O)N(c2ccc([N+](=O)[O-])cc2)C(=O)C1=Cc1ccco1. The Morgan fingerprint density at radius 1 is 1.12 bits per heavy atom. The Morgan fingerprint density at radius 3 is 2.42 bits per heavy atom. The maximum Gasteiger partial charge on any atom is 0.335 e. The topological polar surface area (TPSA) is 123 Å². The number of nitro benzene ring substituents is 1. The summed E-state index contributed by atoms with van der Waals surface area (Å²) in [6.45, 7) is 0. The summed E-state index contributed by atoms with van der Waals surface area (Å²) in [4.78, 5) is 47.1. The van der Waals surface area contributed by atoms with Crippen molar-refractivity contribution in [1.29, 1.82) is 0 Å². The van der Waals surface area contributed by atoms with Crippen LogP contribution in [-0.4, -0.2) is 22.8 Å². The van der Waals surface area contributed by atoms with E-state index in [1.54, 1.807) is 12.1 Å². The fraction of sp³-hybridized carbons (Fsp3) is 0. The molecule has 0 unspecified atom stereocenters. The summed E-state index contributed by atoms with van der Waals surface area (Å²) in [5.41, 5.74) is -0.380. The molecule has 1 aromatic heterocycles. The fourth-order valence-corrected chi connectivity index (χ4v) is 2.13. The number of hydrogen-bond donors (Lipinski definition) is 1. The number of nitrogens with one attached hydrogen (secondary N) is 1. The van der Waals surface area contributed by atoms with Gasteiger partial charge in [-0.15, -0.1) is 0 Å². The molecule has 120 valence electrons. The largest absolute Gasteiger partial charge is 0.465 e. The van der Waals surface area contributed by atoms with E-state index in [1.807, 2.05) is 5.32 Å². The molecule has 1 aliphatic heterocycles. The van der Waals surface area contributed by atoms with Crippen molar-refractivity contribution in [2.45, 2.75) is 0 Å². The van der Waals surface area contributed by atoms with Crippen LogP contribution in [0, 0.1) is 10.1 Å². The third-order valence-electron chi connectivity index (χ3n) is 3.25. The molecular formula is C15H9N3O6. The van der Waals surface area contributed by atoms with Crippen LogP contribution in [0.2, 0.25) is 0 Å². The second-order valence-corrected chi connectivity index (χ2v) is 4.75. The maximum atomic E-state index is 12.5. The lowest BCUT2D eigenvalue weighted by atomic mass is 10.1. The number of benzene rings is 1. The van der Waals surface area contributed by atoms with Gasteiger partial charge < -0.3 is 4.42 Å². The van der Waals surface area contributed by atoms with Gasteiger partial charge in [0.15, 0.2) is 0 Å². The lowest BCUT2D eigenvalue weighted by Crippen LogP contribution is -2.54. The van der Waals surface area contributed by atoms with E-state index in [1.165, 1.54) is 24.5 Å². The molecule has 0 spiro atoms. The summed E-state index contributed by atoms with van der Waals surface area (Å²) in [5, 5.41) is 12.7. The van der Waals surface area contributed by atoms with Crippen LogP contribution in [0.15, 0.2) is 52.7 Å². The molecule has 4 amide bonds. The van der Waals surface area contributed by atoms with E-state index in [0.29, 0.717) is 0 Å². The number of hydrogen-bond acceptors (Lipinski definition) is 6. The number of rotatable bonds is 3.